The van der Waals surface area contributed by atoms with Crippen molar-refractivity contribution >= 4 is 12.1 Å². The van der Waals surface area contributed by atoms with Gasteiger partial charge >= 0.3 is 12.1 Å². The lowest BCUT2D eigenvalue weighted by Crippen LogP contribution is -2.46. The van der Waals surface area contributed by atoms with Crippen LogP contribution < -0.4 is 5.32 Å². The standard InChI is InChI=1S/C16H21NO4/c1-16(2,3)21-15(20)17-13(14(18)19)12-9-8-10-6-4-5-7-11(10)12/h4-7,12-13H,8-9H2,1-3H3,(H,17,20)(H,18,19)/t12-,13+/m0/s1. The van der Waals surface area contributed by atoms with Crippen molar-refractivity contribution in [1.82, 2.24) is 5.32 Å². The first-order valence-corrected chi connectivity index (χ1v) is 7.08. The molecule has 0 spiro atoms. The molecule has 114 valence electrons. The molecule has 1 aliphatic rings. The van der Waals surface area contributed by atoms with Crippen LogP contribution in [0.15, 0.2) is 24.3 Å². The molecule has 0 radical (unpaired) electrons. The second-order valence-electron chi connectivity index (χ2n) is 6.31. The number of aliphatic carboxylic acids is 1. The first-order valence-electron chi connectivity index (χ1n) is 7.08. The number of hydrogen-bond acceptors (Lipinski definition) is 3. The summed E-state index contributed by atoms with van der Waals surface area (Å²) in [5.41, 5.74) is 1.50. The van der Waals surface area contributed by atoms with Crippen LogP contribution in [0.25, 0.3) is 0 Å². The summed E-state index contributed by atoms with van der Waals surface area (Å²) in [5.74, 6) is -1.26. The van der Waals surface area contributed by atoms with Crippen molar-refractivity contribution in [2.24, 2.45) is 0 Å². The molecule has 0 aliphatic heterocycles. The molecule has 21 heavy (non-hydrogen) atoms. The second-order valence-corrected chi connectivity index (χ2v) is 6.31. The van der Waals surface area contributed by atoms with Gasteiger partial charge in [0.25, 0.3) is 0 Å². The zero-order valence-electron chi connectivity index (χ0n) is 12.6. The molecular formula is C16H21NO4. The van der Waals surface area contributed by atoms with E-state index in [4.69, 9.17) is 4.74 Å². The van der Waals surface area contributed by atoms with Gasteiger partial charge in [-0.3, -0.25) is 0 Å². The lowest BCUT2D eigenvalue weighted by Gasteiger charge is -2.25. The molecule has 2 rings (SSSR count). The maximum absolute atomic E-state index is 11.8. The van der Waals surface area contributed by atoms with E-state index in [9.17, 15) is 14.7 Å². The Balaban J connectivity index is 2.14. The Kier molecular flexibility index (Phi) is 4.21. The van der Waals surface area contributed by atoms with E-state index in [1.807, 2.05) is 24.3 Å². The fourth-order valence-electron chi connectivity index (χ4n) is 2.71. The smallest absolute Gasteiger partial charge is 0.408 e. The predicted octanol–water partition coefficient (Wildman–Crippen LogP) is 2.69. The van der Waals surface area contributed by atoms with Crippen LogP contribution in [0.4, 0.5) is 4.79 Å². The third-order valence-electron chi connectivity index (χ3n) is 3.52. The monoisotopic (exact) mass is 291 g/mol. The van der Waals surface area contributed by atoms with Gasteiger partial charge in [0.15, 0.2) is 0 Å². The number of hydrogen-bond donors (Lipinski definition) is 2. The van der Waals surface area contributed by atoms with E-state index in [-0.39, 0.29) is 5.92 Å². The molecule has 0 saturated heterocycles. The highest BCUT2D eigenvalue weighted by Gasteiger charge is 2.36. The number of ether oxygens (including phenoxy) is 1. The van der Waals surface area contributed by atoms with Gasteiger partial charge in [0, 0.05) is 5.92 Å². The van der Waals surface area contributed by atoms with Crippen LogP contribution in [0, 0.1) is 0 Å². The molecule has 5 heteroatoms. The van der Waals surface area contributed by atoms with E-state index in [2.05, 4.69) is 5.32 Å². The first-order chi connectivity index (χ1) is 9.78. The molecule has 1 aromatic carbocycles. The van der Waals surface area contributed by atoms with E-state index in [1.54, 1.807) is 20.8 Å². The lowest BCUT2D eigenvalue weighted by atomic mass is 9.93. The molecule has 0 heterocycles. The molecule has 1 aliphatic carbocycles. The minimum absolute atomic E-state index is 0.216. The Morgan fingerprint density at radius 3 is 2.62 bits per heavy atom. The number of alkyl carbamates (subject to hydrolysis) is 1. The molecule has 0 bridgehead atoms. The number of aryl methyl sites for hydroxylation is 1. The normalized spacial score (nSPS) is 18.7. The molecule has 2 N–H and O–H groups in total. The molecule has 0 unspecified atom stereocenters. The van der Waals surface area contributed by atoms with Crippen molar-refractivity contribution in [2.75, 3.05) is 0 Å². The van der Waals surface area contributed by atoms with Gasteiger partial charge < -0.3 is 15.2 Å². The summed E-state index contributed by atoms with van der Waals surface area (Å²) in [4.78, 5) is 23.4. The summed E-state index contributed by atoms with van der Waals surface area (Å²) < 4.78 is 5.15. The lowest BCUT2D eigenvalue weighted by molar-refractivity contribution is -0.140. The van der Waals surface area contributed by atoms with E-state index in [1.165, 1.54) is 0 Å². The van der Waals surface area contributed by atoms with Crippen molar-refractivity contribution in [3.05, 3.63) is 35.4 Å². The third-order valence-corrected chi connectivity index (χ3v) is 3.52. The predicted molar refractivity (Wildman–Crippen MR) is 78.3 cm³/mol. The summed E-state index contributed by atoms with van der Waals surface area (Å²) in [6.07, 6.45) is 0.853. The number of rotatable bonds is 3. The number of nitrogens with one attached hydrogen (secondary N) is 1. The van der Waals surface area contributed by atoms with Crippen molar-refractivity contribution in [2.45, 2.75) is 51.2 Å². The Labute approximate surface area is 124 Å². The number of carbonyl (C=O) groups is 2. The van der Waals surface area contributed by atoms with Gasteiger partial charge in [-0.25, -0.2) is 9.59 Å². The molecule has 0 aromatic heterocycles. The number of benzene rings is 1. The van der Waals surface area contributed by atoms with Crippen molar-refractivity contribution in [3.8, 4) is 0 Å². The van der Waals surface area contributed by atoms with E-state index in [0.29, 0.717) is 6.42 Å². The fraction of sp³-hybridized carbons (Fsp3) is 0.500. The highest BCUT2D eigenvalue weighted by Crippen LogP contribution is 2.35. The number of fused-ring (bicyclic) bond motifs is 1. The van der Waals surface area contributed by atoms with E-state index in [0.717, 1.165) is 17.5 Å². The Morgan fingerprint density at radius 1 is 1.33 bits per heavy atom. The summed E-state index contributed by atoms with van der Waals surface area (Å²) in [6, 6.07) is 6.80. The van der Waals surface area contributed by atoms with E-state index >= 15 is 0 Å². The highest BCUT2D eigenvalue weighted by molar-refractivity contribution is 5.81. The Hall–Kier alpha value is -2.04. The summed E-state index contributed by atoms with van der Waals surface area (Å²) in [5, 5.41) is 11.9. The number of carboxylic acid groups (broad SMARTS) is 1. The topological polar surface area (TPSA) is 75.6 Å². The van der Waals surface area contributed by atoms with Gasteiger partial charge in [-0.1, -0.05) is 24.3 Å². The van der Waals surface area contributed by atoms with Crippen LogP contribution in [0.3, 0.4) is 0 Å². The number of carboxylic acids is 1. The molecule has 0 fully saturated rings. The summed E-state index contributed by atoms with van der Waals surface area (Å²) in [7, 11) is 0. The van der Waals surface area contributed by atoms with Crippen LogP contribution >= 0.6 is 0 Å². The van der Waals surface area contributed by atoms with Crippen molar-refractivity contribution in [3.63, 3.8) is 0 Å². The van der Waals surface area contributed by atoms with Crippen molar-refractivity contribution < 1.29 is 19.4 Å². The number of carbonyl (C=O) groups excluding carboxylic acids is 1. The van der Waals surface area contributed by atoms with Crippen LogP contribution in [0.5, 0.6) is 0 Å². The van der Waals surface area contributed by atoms with Gasteiger partial charge in [0.2, 0.25) is 0 Å². The summed E-state index contributed by atoms with van der Waals surface area (Å²) >= 11 is 0. The largest absolute Gasteiger partial charge is 0.480 e. The average molecular weight is 291 g/mol. The molecule has 2 atom stereocenters. The molecule has 0 saturated carbocycles. The highest BCUT2D eigenvalue weighted by atomic mass is 16.6. The SMILES string of the molecule is CC(C)(C)OC(=O)N[C@@H](C(=O)O)[C@H]1CCc2ccccc21. The van der Waals surface area contributed by atoms with Crippen LogP contribution in [-0.4, -0.2) is 28.8 Å². The maximum Gasteiger partial charge on any atom is 0.408 e. The third kappa shape index (κ3) is 3.74. The van der Waals surface area contributed by atoms with Crippen LogP contribution in [0.2, 0.25) is 0 Å². The first kappa shape index (κ1) is 15.4. The fourth-order valence-corrected chi connectivity index (χ4v) is 2.71. The van der Waals surface area contributed by atoms with Gasteiger partial charge in [-0.15, -0.1) is 0 Å². The zero-order valence-corrected chi connectivity index (χ0v) is 12.6. The maximum atomic E-state index is 11.8. The van der Waals surface area contributed by atoms with Crippen molar-refractivity contribution in [1.29, 1.82) is 0 Å². The molecule has 1 aromatic rings. The van der Waals surface area contributed by atoms with Crippen LogP contribution in [-0.2, 0) is 16.0 Å². The Bertz CT molecular complexity index is 547. The number of amides is 1. The van der Waals surface area contributed by atoms with Gasteiger partial charge in [-0.2, -0.15) is 0 Å². The quantitative estimate of drug-likeness (QED) is 0.897. The second kappa shape index (κ2) is 5.76. The average Bonchev–Trinajstić information content (AvgIpc) is 2.77. The molecule has 1 amide bonds. The van der Waals surface area contributed by atoms with Gasteiger partial charge in [-0.05, 0) is 44.7 Å². The summed E-state index contributed by atoms with van der Waals surface area (Å²) in [6.45, 7) is 5.23. The molecule has 5 nitrogen and oxygen atoms in total. The zero-order chi connectivity index (χ0) is 15.6. The minimum atomic E-state index is -1.04. The Morgan fingerprint density at radius 2 is 2.00 bits per heavy atom. The van der Waals surface area contributed by atoms with Crippen LogP contribution in [0.1, 0.15) is 44.2 Å². The van der Waals surface area contributed by atoms with Gasteiger partial charge in [0.1, 0.15) is 11.6 Å². The minimum Gasteiger partial charge on any atom is -0.480 e. The van der Waals surface area contributed by atoms with Gasteiger partial charge in [0.05, 0.1) is 0 Å². The molecular weight excluding hydrogens is 270 g/mol. The van der Waals surface area contributed by atoms with E-state index < -0.39 is 23.7 Å².